The van der Waals surface area contributed by atoms with Gasteiger partial charge in [0.05, 0.1) is 18.7 Å². The Labute approximate surface area is 138 Å². The number of aliphatic hydroxyl groups excluding tert-OH is 1. The first kappa shape index (κ1) is 16.1. The minimum Gasteiger partial charge on any atom is -0.390 e. The minimum atomic E-state index is -0.609. The van der Waals surface area contributed by atoms with Crippen LogP contribution in [0, 0.1) is 13.8 Å². The van der Waals surface area contributed by atoms with Crippen LogP contribution in [0.5, 0.6) is 0 Å². The molecule has 0 spiro atoms. The van der Waals surface area contributed by atoms with Crippen LogP contribution in [0.3, 0.4) is 0 Å². The lowest BCUT2D eigenvalue weighted by atomic mass is 10.0. The average molecular weight is 336 g/mol. The number of amides is 1. The fraction of sp³-hybridized carbons (Fsp3) is 0.533. The van der Waals surface area contributed by atoms with Crippen molar-refractivity contribution in [3.63, 3.8) is 0 Å². The molecule has 0 bridgehead atoms. The third-order valence-electron chi connectivity index (χ3n) is 3.87. The highest BCUT2D eigenvalue weighted by molar-refractivity contribution is 7.09. The molecule has 1 fully saturated rings. The first-order chi connectivity index (χ1) is 11.0. The van der Waals surface area contributed by atoms with E-state index in [1.807, 2.05) is 12.3 Å². The van der Waals surface area contributed by atoms with Gasteiger partial charge < -0.3 is 14.9 Å². The summed E-state index contributed by atoms with van der Waals surface area (Å²) in [6.07, 6.45) is 0.0791. The smallest absolute Gasteiger partial charge is 0.273 e. The lowest BCUT2D eigenvalue weighted by Crippen LogP contribution is -2.53. The zero-order valence-corrected chi connectivity index (χ0v) is 14.0. The number of thiazole rings is 1. The Hall–Kier alpha value is -1.77. The van der Waals surface area contributed by atoms with Crippen LogP contribution in [0.2, 0.25) is 0 Å². The van der Waals surface area contributed by atoms with E-state index in [4.69, 9.17) is 4.52 Å². The molecule has 1 saturated heterocycles. The van der Waals surface area contributed by atoms with Gasteiger partial charge in [-0.15, -0.1) is 11.3 Å². The highest BCUT2D eigenvalue weighted by atomic mass is 32.1. The number of hydrogen-bond acceptors (Lipinski definition) is 7. The van der Waals surface area contributed by atoms with Gasteiger partial charge in [0.2, 0.25) is 0 Å². The van der Waals surface area contributed by atoms with E-state index >= 15 is 0 Å². The molecular formula is C15H20N4O3S. The summed E-state index contributed by atoms with van der Waals surface area (Å²) in [6.45, 7) is 5.76. The summed E-state index contributed by atoms with van der Waals surface area (Å²) < 4.78 is 4.90. The van der Waals surface area contributed by atoms with Gasteiger partial charge >= 0.3 is 0 Å². The summed E-state index contributed by atoms with van der Waals surface area (Å²) in [4.78, 5) is 18.7. The summed E-state index contributed by atoms with van der Waals surface area (Å²) >= 11 is 1.63. The van der Waals surface area contributed by atoms with Gasteiger partial charge in [-0.3, -0.25) is 9.69 Å². The largest absolute Gasteiger partial charge is 0.390 e. The number of aliphatic hydroxyl groups is 1. The maximum atomic E-state index is 12.1. The molecule has 23 heavy (non-hydrogen) atoms. The van der Waals surface area contributed by atoms with E-state index < -0.39 is 6.10 Å². The van der Waals surface area contributed by atoms with E-state index in [2.05, 4.69) is 20.4 Å². The molecule has 0 radical (unpaired) electrons. The van der Waals surface area contributed by atoms with E-state index in [1.54, 1.807) is 24.3 Å². The Morgan fingerprint density at radius 2 is 2.39 bits per heavy atom. The molecule has 2 atom stereocenters. The summed E-state index contributed by atoms with van der Waals surface area (Å²) in [5.41, 5.74) is 1.27. The van der Waals surface area contributed by atoms with Gasteiger partial charge in [-0.2, -0.15) is 0 Å². The molecule has 2 aromatic rings. The molecule has 1 aliphatic rings. The molecule has 1 aliphatic heterocycles. The second-order valence-electron chi connectivity index (χ2n) is 5.88. The van der Waals surface area contributed by atoms with Crippen LogP contribution < -0.4 is 5.32 Å². The number of aromatic nitrogens is 2. The first-order valence-corrected chi connectivity index (χ1v) is 8.45. The molecule has 7 nitrogen and oxygen atoms in total. The lowest BCUT2D eigenvalue weighted by Gasteiger charge is -2.35. The maximum Gasteiger partial charge on any atom is 0.273 e. The minimum absolute atomic E-state index is 0.246. The van der Waals surface area contributed by atoms with Crippen LogP contribution in [-0.4, -0.2) is 51.3 Å². The van der Waals surface area contributed by atoms with Crippen LogP contribution in [-0.2, 0) is 6.54 Å². The number of piperidine rings is 1. The highest BCUT2D eigenvalue weighted by Crippen LogP contribution is 2.17. The summed E-state index contributed by atoms with van der Waals surface area (Å²) in [6, 6.07) is 1.32. The number of hydrogen-bond donors (Lipinski definition) is 2. The molecular weight excluding hydrogens is 316 g/mol. The molecule has 0 saturated carbocycles. The third kappa shape index (κ3) is 3.95. The SMILES string of the molecule is Cc1csc(CN2CC[C@@H](NC(=O)c3cc(C)on3)[C@H](O)C2)n1. The molecule has 2 aromatic heterocycles. The molecule has 124 valence electrons. The zero-order chi connectivity index (χ0) is 16.4. The van der Waals surface area contributed by atoms with Crippen molar-refractivity contribution < 1.29 is 14.4 Å². The van der Waals surface area contributed by atoms with Gasteiger partial charge in [-0.05, 0) is 20.3 Å². The van der Waals surface area contributed by atoms with Gasteiger partial charge in [0, 0.05) is 30.2 Å². The van der Waals surface area contributed by atoms with E-state index in [0.29, 0.717) is 18.7 Å². The standard InChI is InChI=1S/C15H20N4O3S/c1-9-8-23-14(16-9)7-19-4-3-11(13(20)6-19)17-15(21)12-5-10(2)22-18-12/h5,8,11,13,20H,3-4,6-7H2,1-2H3,(H,17,21)/t11-,13-/m1/s1. The number of β-amino-alcohol motifs (C(OH)–C–C–N with tert-alkyl or cyclic N) is 1. The Kier molecular flexibility index (Phi) is 4.74. The van der Waals surface area contributed by atoms with Crippen molar-refractivity contribution in [2.24, 2.45) is 0 Å². The molecule has 0 unspecified atom stereocenters. The van der Waals surface area contributed by atoms with E-state index in [0.717, 1.165) is 23.8 Å². The maximum absolute atomic E-state index is 12.1. The number of carbonyl (C=O) groups is 1. The van der Waals surface area contributed by atoms with Crippen LogP contribution in [0.25, 0.3) is 0 Å². The van der Waals surface area contributed by atoms with Crippen molar-refractivity contribution >= 4 is 17.2 Å². The number of likely N-dealkylation sites (tertiary alicyclic amines) is 1. The molecule has 8 heteroatoms. The van der Waals surface area contributed by atoms with Gasteiger partial charge in [0.15, 0.2) is 5.69 Å². The van der Waals surface area contributed by atoms with Crippen LogP contribution >= 0.6 is 11.3 Å². The Morgan fingerprint density at radius 1 is 1.57 bits per heavy atom. The predicted molar refractivity (Wildman–Crippen MR) is 85.2 cm³/mol. The van der Waals surface area contributed by atoms with Crippen LogP contribution in [0.15, 0.2) is 16.0 Å². The molecule has 3 rings (SSSR count). The van der Waals surface area contributed by atoms with Gasteiger partial charge in [-0.25, -0.2) is 4.98 Å². The fourth-order valence-electron chi connectivity index (χ4n) is 2.69. The summed E-state index contributed by atoms with van der Waals surface area (Å²) in [5.74, 6) is 0.277. The van der Waals surface area contributed by atoms with Crippen molar-refractivity contribution in [2.75, 3.05) is 13.1 Å². The summed E-state index contributed by atoms with van der Waals surface area (Å²) in [7, 11) is 0. The van der Waals surface area contributed by atoms with Crippen molar-refractivity contribution in [1.82, 2.24) is 20.4 Å². The van der Waals surface area contributed by atoms with E-state index in [1.165, 1.54) is 0 Å². The molecule has 0 aromatic carbocycles. The molecule has 0 aliphatic carbocycles. The van der Waals surface area contributed by atoms with Crippen molar-refractivity contribution in [3.8, 4) is 0 Å². The number of rotatable bonds is 4. The second-order valence-corrected chi connectivity index (χ2v) is 6.82. The molecule has 3 heterocycles. The normalized spacial score (nSPS) is 22.2. The van der Waals surface area contributed by atoms with Crippen LogP contribution in [0.1, 0.15) is 33.4 Å². The number of carbonyl (C=O) groups excluding carboxylic acids is 1. The van der Waals surface area contributed by atoms with Gasteiger partial charge in [-0.1, -0.05) is 5.16 Å². The number of aryl methyl sites for hydroxylation is 2. The molecule has 1 amide bonds. The van der Waals surface area contributed by atoms with Crippen molar-refractivity contribution in [3.05, 3.63) is 33.6 Å². The summed E-state index contributed by atoms with van der Waals surface area (Å²) in [5, 5.41) is 19.9. The zero-order valence-electron chi connectivity index (χ0n) is 13.2. The number of nitrogens with zero attached hydrogens (tertiary/aromatic N) is 3. The Balaban J connectivity index is 1.53. The fourth-order valence-corrected chi connectivity index (χ4v) is 3.50. The van der Waals surface area contributed by atoms with E-state index in [9.17, 15) is 9.90 Å². The molecule has 2 N–H and O–H groups in total. The highest BCUT2D eigenvalue weighted by Gasteiger charge is 2.30. The van der Waals surface area contributed by atoms with Crippen LogP contribution in [0.4, 0.5) is 0 Å². The topological polar surface area (TPSA) is 91.5 Å². The first-order valence-electron chi connectivity index (χ1n) is 7.57. The van der Waals surface area contributed by atoms with E-state index in [-0.39, 0.29) is 17.6 Å². The Bertz CT molecular complexity index is 684. The number of nitrogens with one attached hydrogen (secondary N) is 1. The van der Waals surface area contributed by atoms with Gasteiger partial charge in [0.1, 0.15) is 10.8 Å². The monoisotopic (exact) mass is 336 g/mol. The Morgan fingerprint density at radius 3 is 3.00 bits per heavy atom. The average Bonchev–Trinajstić information content (AvgIpc) is 3.10. The van der Waals surface area contributed by atoms with Crippen molar-refractivity contribution in [2.45, 2.75) is 39.0 Å². The quantitative estimate of drug-likeness (QED) is 0.869. The van der Waals surface area contributed by atoms with Crippen molar-refractivity contribution in [1.29, 1.82) is 0 Å². The lowest BCUT2D eigenvalue weighted by molar-refractivity contribution is 0.0347. The second kappa shape index (κ2) is 6.77. The predicted octanol–water partition coefficient (Wildman–Crippen LogP) is 1.11. The van der Waals surface area contributed by atoms with Gasteiger partial charge in [0.25, 0.3) is 5.91 Å². The third-order valence-corrected chi connectivity index (χ3v) is 4.82.